The Kier molecular flexibility index (Phi) is 3.21. The van der Waals surface area contributed by atoms with E-state index in [2.05, 4.69) is 12.1 Å². The Balaban J connectivity index is 3.20. The number of hydrogen-bond donors (Lipinski definition) is 0. The third kappa shape index (κ3) is 2.16. The lowest BCUT2D eigenvalue weighted by Crippen LogP contribution is -1.94. The van der Waals surface area contributed by atoms with Gasteiger partial charge < -0.3 is 4.74 Å². The molecule has 0 heterocycles. The van der Waals surface area contributed by atoms with Gasteiger partial charge in [0.15, 0.2) is 0 Å². The first-order valence-electron chi connectivity index (χ1n) is 4.35. The Morgan fingerprint density at radius 2 is 1.69 bits per heavy atom. The molecule has 0 bridgehead atoms. The minimum absolute atomic E-state index is 0.0586. The van der Waals surface area contributed by atoms with Crippen molar-refractivity contribution in [1.29, 1.82) is 0 Å². The summed E-state index contributed by atoms with van der Waals surface area (Å²) in [5.41, 5.74) is 3.44. The number of hydrogen-bond acceptors (Lipinski definition) is 1. The van der Waals surface area contributed by atoms with E-state index in [9.17, 15) is 0 Å². The second-order valence-corrected chi connectivity index (χ2v) is 3.96. The highest BCUT2D eigenvalue weighted by molar-refractivity contribution is 6.20. The van der Waals surface area contributed by atoms with E-state index < -0.39 is 0 Å². The number of methoxy groups -OCH3 is 1. The SMILES string of the molecule is COc1c(C)cc(C(C)Cl)cc1C. The highest BCUT2D eigenvalue weighted by Crippen LogP contribution is 2.29. The average molecular weight is 199 g/mol. The molecule has 1 nitrogen and oxygen atoms in total. The van der Waals surface area contributed by atoms with Crippen LogP contribution < -0.4 is 4.74 Å². The van der Waals surface area contributed by atoms with Crippen LogP contribution in [0.5, 0.6) is 5.75 Å². The van der Waals surface area contributed by atoms with Gasteiger partial charge in [-0.2, -0.15) is 0 Å². The van der Waals surface area contributed by atoms with E-state index in [1.54, 1.807) is 7.11 Å². The molecule has 13 heavy (non-hydrogen) atoms. The van der Waals surface area contributed by atoms with Gasteiger partial charge in [0.05, 0.1) is 12.5 Å². The molecular formula is C11H15ClO. The van der Waals surface area contributed by atoms with Gasteiger partial charge in [-0.05, 0) is 37.5 Å². The average Bonchev–Trinajstić information content (AvgIpc) is 2.03. The summed E-state index contributed by atoms with van der Waals surface area (Å²) in [6.45, 7) is 6.05. The number of ether oxygens (including phenoxy) is 1. The maximum Gasteiger partial charge on any atom is 0.124 e. The number of aryl methyl sites for hydroxylation is 2. The lowest BCUT2D eigenvalue weighted by atomic mass is 10.0. The molecule has 0 saturated heterocycles. The minimum Gasteiger partial charge on any atom is -0.496 e. The molecule has 0 N–H and O–H groups in total. The standard InChI is InChI=1S/C11H15ClO/c1-7-5-10(9(3)12)6-8(2)11(7)13-4/h5-6,9H,1-4H3. The van der Waals surface area contributed by atoms with Crippen LogP contribution in [0.2, 0.25) is 0 Å². The van der Waals surface area contributed by atoms with E-state index in [-0.39, 0.29) is 5.38 Å². The fourth-order valence-corrected chi connectivity index (χ4v) is 1.66. The molecule has 1 atom stereocenters. The molecule has 2 heteroatoms. The molecule has 0 aromatic heterocycles. The Morgan fingerprint density at radius 1 is 1.23 bits per heavy atom. The van der Waals surface area contributed by atoms with Crippen molar-refractivity contribution in [3.63, 3.8) is 0 Å². The van der Waals surface area contributed by atoms with Gasteiger partial charge in [-0.3, -0.25) is 0 Å². The number of alkyl halides is 1. The van der Waals surface area contributed by atoms with E-state index >= 15 is 0 Å². The highest BCUT2D eigenvalue weighted by Gasteiger charge is 2.07. The quantitative estimate of drug-likeness (QED) is 0.660. The van der Waals surface area contributed by atoms with E-state index in [4.69, 9.17) is 16.3 Å². The molecule has 0 fully saturated rings. The summed E-state index contributed by atoms with van der Waals surface area (Å²) >= 11 is 6.00. The van der Waals surface area contributed by atoms with Crippen molar-refractivity contribution in [1.82, 2.24) is 0 Å². The predicted molar refractivity (Wildman–Crippen MR) is 56.7 cm³/mol. The van der Waals surface area contributed by atoms with E-state index in [0.717, 1.165) is 22.4 Å². The second-order valence-electron chi connectivity index (χ2n) is 3.30. The summed E-state index contributed by atoms with van der Waals surface area (Å²) in [7, 11) is 1.69. The lowest BCUT2D eigenvalue weighted by molar-refractivity contribution is 0.408. The molecule has 0 spiro atoms. The molecule has 0 amide bonds. The van der Waals surface area contributed by atoms with Gasteiger partial charge in [0.1, 0.15) is 5.75 Å². The van der Waals surface area contributed by atoms with Crippen LogP contribution in [0.15, 0.2) is 12.1 Å². The molecule has 0 aliphatic rings. The van der Waals surface area contributed by atoms with E-state index in [1.165, 1.54) is 0 Å². The van der Waals surface area contributed by atoms with Gasteiger partial charge in [-0.1, -0.05) is 12.1 Å². The van der Waals surface area contributed by atoms with Crippen LogP contribution in [0.3, 0.4) is 0 Å². The molecule has 1 unspecified atom stereocenters. The van der Waals surface area contributed by atoms with Gasteiger partial charge in [0.25, 0.3) is 0 Å². The first-order valence-corrected chi connectivity index (χ1v) is 4.79. The van der Waals surface area contributed by atoms with Crippen molar-refractivity contribution in [3.8, 4) is 5.75 Å². The van der Waals surface area contributed by atoms with Crippen LogP contribution in [-0.2, 0) is 0 Å². The fourth-order valence-electron chi connectivity index (χ4n) is 1.54. The van der Waals surface area contributed by atoms with Crippen molar-refractivity contribution < 1.29 is 4.74 Å². The van der Waals surface area contributed by atoms with Gasteiger partial charge in [-0.25, -0.2) is 0 Å². The Bertz CT molecular complexity index is 282. The second kappa shape index (κ2) is 4.01. The fraction of sp³-hybridized carbons (Fsp3) is 0.455. The van der Waals surface area contributed by atoms with Crippen LogP contribution >= 0.6 is 11.6 Å². The Morgan fingerprint density at radius 3 is 2.00 bits per heavy atom. The summed E-state index contributed by atoms with van der Waals surface area (Å²) < 4.78 is 5.27. The molecule has 1 rings (SSSR count). The number of rotatable bonds is 2. The maximum atomic E-state index is 6.00. The minimum atomic E-state index is 0.0586. The summed E-state index contributed by atoms with van der Waals surface area (Å²) in [6, 6.07) is 4.15. The largest absolute Gasteiger partial charge is 0.496 e. The van der Waals surface area contributed by atoms with Crippen molar-refractivity contribution in [2.24, 2.45) is 0 Å². The molecule has 72 valence electrons. The number of benzene rings is 1. The van der Waals surface area contributed by atoms with Gasteiger partial charge in [0.2, 0.25) is 0 Å². The first kappa shape index (κ1) is 10.4. The van der Waals surface area contributed by atoms with Crippen molar-refractivity contribution in [3.05, 3.63) is 28.8 Å². The van der Waals surface area contributed by atoms with Crippen LogP contribution in [0.1, 0.15) is 29.0 Å². The summed E-state index contributed by atoms with van der Waals surface area (Å²) in [5.74, 6) is 0.959. The molecular weight excluding hydrogens is 184 g/mol. The zero-order chi connectivity index (χ0) is 10.0. The monoisotopic (exact) mass is 198 g/mol. The summed E-state index contributed by atoms with van der Waals surface area (Å²) in [6.07, 6.45) is 0. The summed E-state index contributed by atoms with van der Waals surface area (Å²) in [4.78, 5) is 0. The molecule has 0 aliphatic heterocycles. The van der Waals surface area contributed by atoms with Gasteiger partial charge in [-0.15, -0.1) is 11.6 Å². The van der Waals surface area contributed by atoms with Crippen LogP contribution in [0.4, 0.5) is 0 Å². The van der Waals surface area contributed by atoms with E-state index in [0.29, 0.717) is 0 Å². The Labute approximate surface area is 84.7 Å². The Hall–Kier alpha value is -0.690. The van der Waals surface area contributed by atoms with E-state index in [1.807, 2.05) is 20.8 Å². The number of halogens is 1. The highest BCUT2D eigenvalue weighted by atomic mass is 35.5. The first-order chi connectivity index (χ1) is 6.06. The zero-order valence-electron chi connectivity index (χ0n) is 8.52. The molecule has 1 aromatic carbocycles. The smallest absolute Gasteiger partial charge is 0.124 e. The lowest BCUT2D eigenvalue weighted by Gasteiger charge is -2.12. The zero-order valence-corrected chi connectivity index (χ0v) is 9.27. The van der Waals surface area contributed by atoms with Crippen LogP contribution in [0.25, 0.3) is 0 Å². The van der Waals surface area contributed by atoms with Crippen molar-refractivity contribution in [2.45, 2.75) is 26.1 Å². The summed E-state index contributed by atoms with van der Waals surface area (Å²) in [5, 5.41) is 0.0586. The molecule has 0 saturated carbocycles. The molecule has 1 aromatic rings. The topological polar surface area (TPSA) is 9.23 Å². The maximum absolute atomic E-state index is 6.00. The van der Waals surface area contributed by atoms with Crippen molar-refractivity contribution >= 4 is 11.6 Å². The third-order valence-corrected chi connectivity index (χ3v) is 2.40. The van der Waals surface area contributed by atoms with Gasteiger partial charge >= 0.3 is 0 Å². The molecule has 0 radical (unpaired) electrons. The van der Waals surface area contributed by atoms with Crippen molar-refractivity contribution in [2.75, 3.05) is 7.11 Å². The van der Waals surface area contributed by atoms with Gasteiger partial charge in [0, 0.05) is 0 Å². The third-order valence-electron chi connectivity index (χ3n) is 2.15. The normalized spacial score (nSPS) is 12.7. The van der Waals surface area contributed by atoms with Crippen LogP contribution in [-0.4, -0.2) is 7.11 Å². The van der Waals surface area contributed by atoms with Crippen LogP contribution in [0, 0.1) is 13.8 Å². The predicted octanol–water partition coefficient (Wildman–Crippen LogP) is 3.61. The molecule has 0 aliphatic carbocycles.